The zero-order chi connectivity index (χ0) is 14.9. The summed E-state index contributed by atoms with van der Waals surface area (Å²) in [5.74, 6) is 1.66. The molecule has 1 saturated heterocycles. The van der Waals surface area contributed by atoms with Crippen LogP contribution in [0.2, 0.25) is 0 Å². The Kier molecular flexibility index (Phi) is 3.69. The number of fused-ring (bicyclic) bond motifs is 1. The van der Waals surface area contributed by atoms with Crippen molar-refractivity contribution >= 4 is 34.0 Å². The molecule has 0 spiro atoms. The fourth-order valence-corrected chi connectivity index (χ4v) is 3.75. The van der Waals surface area contributed by atoms with Crippen LogP contribution in [-0.4, -0.2) is 38.7 Å². The molecular weight excluding hydrogens is 290 g/mol. The van der Waals surface area contributed by atoms with Crippen molar-refractivity contribution in [1.29, 1.82) is 0 Å². The number of aromatic nitrogens is 1. The number of non-ortho nitro benzene ring substituents is 1. The summed E-state index contributed by atoms with van der Waals surface area (Å²) >= 11 is 1.73. The van der Waals surface area contributed by atoms with E-state index in [2.05, 4.69) is 10.3 Å². The van der Waals surface area contributed by atoms with Crippen LogP contribution in [0.3, 0.4) is 0 Å². The van der Waals surface area contributed by atoms with E-state index in [0.717, 1.165) is 12.2 Å². The molecule has 2 heterocycles. The first-order valence-electron chi connectivity index (χ1n) is 6.65. The van der Waals surface area contributed by atoms with E-state index in [-0.39, 0.29) is 5.69 Å². The molecule has 0 amide bonds. The van der Waals surface area contributed by atoms with E-state index in [9.17, 15) is 15.2 Å². The average Bonchev–Trinajstić information content (AvgIpc) is 2.91. The van der Waals surface area contributed by atoms with Gasteiger partial charge >= 0.3 is 0 Å². The summed E-state index contributed by atoms with van der Waals surface area (Å²) < 4.78 is 0. The summed E-state index contributed by atoms with van der Waals surface area (Å²) in [6.07, 6.45) is 2.36. The maximum atomic E-state index is 11.1. The van der Waals surface area contributed by atoms with Crippen molar-refractivity contribution < 1.29 is 10.0 Å². The third kappa shape index (κ3) is 2.79. The normalized spacial score (nSPS) is 21.6. The van der Waals surface area contributed by atoms with Crippen LogP contribution in [0.4, 0.5) is 11.4 Å². The zero-order valence-corrected chi connectivity index (χ0v) is 12.1. The summed E-state index contributed by atoms with van der Waals surface area (Å²) in [6, 6.07) is 6.49. The first-order valence-corrected chi connectivity index (χ1v) is 7.81. The number of hydrogen-bond acceptors (Lipinski definition) is 6. The van der Waals surface area contributed by atoms with Gasteiger partial charge in [0, 0.05) is 24.6 Å². The molecule has 1 unspecified atom stereocenters. The molecule has 2 aromatic rings. The third-order valence-corrected chi connectivity index (χ3v) is 4.87. The average molecular weight is 305 g/mol. The van der Waals surface area contributed by atoms with E-state index < -0.39 is 10.5 Å². The molecule has 21 heavy (non-hydrogen) atoms. The number of rotatable bonds is 4. The summed E-state index contributed by atoms with van der Waals surface area (Å²) in [6.45, 7) is 0.420. The Hall–Kier alpha value is -1.86. The van der Waals surface area contributed by atoms with E-state index in [0.29, 0.717) is 28.9 Å². The highest BCUT2D eigenvalue weighted by molar-refractivity contribution is 7.99. The summed E-state index contributed by atoms with van der Waals surface area (Å²) in [5, 5.41) is 25.1. The van der Waals surface area contributed by atoms with E-state index in [4.69, 9.17) is 0 Å². The predicted octanol–water partition coefficient (Wildman–Crippen LogP) is 2.42. The summed E-state index contributed by atoms with van der Waals surface area (Å²) in [7, 11) is 0. The fraction of sp³-hybridized carbons (Fsp3) is 0.357. The number of pyridine rings is 1. The van der Waals surface area contributed by atoms with Crippen molar-refractivity contribution in [2.24, 2.45) is 0 Å². The predicted molar refractivity (Wildman–Crippen MR) is 83.8 cm³/mol. The number of benzene rings is 1. The Bertz CT molecular complexity index is 686. The van der Waals surface area contributed by atoms with Crippen molar-refractivity contribution in [3.8, 4) is 0 Å². The van der Waals surface area contributed by atoms with Gasteiger partial charge in [-0.25, -0.2) is 0 Å². The molecule has 1 fully saturated rings. The minimum absolute atomic E-state index is 0.0405. The maximum absolute atomic E-state index is 11.1. The minimum Gasteiger partial charge on any atom is -0.387 e. The molecule has 1 atom stereocenters. The van der Waals surface area contributed by atoms with Crippen molar-refractivity contribution in [2.45, 2.75) is 12.0 Å². The highest BCUT2D eigenvalue weighted by Gasteiger charge is 2.31. The van der Waals surface area contributed by atoms with E-state index in [1.807, 2.05) is 0 Å². The number of anilines is 1. The van der Waals surface area contributed by atoms with Crippen LogP contribution in [-0.2, 0) is 0 Å². The Balaban J connectivity index is 1.92. The molecule has 1 aliphatic heterocycles. The highest BCUT2D eigenvalue weighted by Crippen LogP contribution is 2.32. The molecule has 1 aromatic carbocycles. The topological polar surface area (TPSA) is 88.3 Å². The highest BCUT2D eigenvalue weighted by atomic mass is 32.2. The monoisotopic (exact) mass is 305 g/mol. The molecule has 2 N–H and O–H groups in total. The first-order chi connectivity index (χ1) is 10.1. The standard InChI is InChI=1S/C14H15N3O3S/c18-14(5-7-21-9-14)8-16-11-3-4-12(17(19)20)10-2-1-6-15-13(10)11/h1-4,6,16,18H,5,7-9H2. The van der Waals surface area contributed by atoms with Crippen molar-refractivity contribution in [3.63, 3.8) is 0 Å². The molecule has 0 radical (unpaired) electrons. The van der Waals surface area contributed by atoms with Gasteiger partial charge in [-0.3, -0.25) is 15.1 Å². The molecule has 7 heteroatoms. The van der Waals surface area contributed by atoms with Crippen LogP contribution in [0.5, 0.6) is 0 Å². The number of nitrogens with zero attached hydrogens (tertiary/aromatic N) is 2. The fourth-order valence-electron chi connectivity index (χ4n) is 2.46. The molecule has 0 saturated carbocycles. The van der Waals surface area contributed by atoms with Gasteiger partial charge in [-0.05, 0) is 30.4 Å². The van der Waals surface area contributed by atoms with Gasteiger partial charge in [0.25, 0.3) is 5.69 Å². The van der Waals surface area contributed by atoms with Crippen LogP contribution in [0, 0.1) is 10.1 Å². The second-order valence-electron chi connectivity index (χ2n) is 5.17. The number of nitro groups is 1. The molecular formula is C14H15N3O3S. The van der Waals surface area contributed by atoms with E-state index in [1.54, 1.807) is 36.2 Å². The quantitative estimate of drug-likeness (QED) is 0.666. The lowest BCUT2D eigenvalue weighted by Gasteiger charge is -2.22. The lowest BCUT2D eigenvalue weighted by molar-refractivity contribution is -0.383. The maximum Gasteiger partial charge on any atom is 0.278 e. The van der Waals surface area contributed by atoms with Crippen LogP contribution in [0.25, 0.3) is 10.9 Å². The molecule has 6 nitrogen and oxygen atoms in total. The van der Waals surface area contributed by atoms with Gasteiger partial charge in [0.15, 0.2) is 0 Å². The van der Waals surface area contributed by atoms with Crippen molar-refractivity contribution in [3.05, 3.63) is 40.6 Å². The first kappa shape index (κ1) is 14.1. The Morgan fingerprint density at radius 3 is 3.05 bits per heavy atom. The largest absolute Gasteiger partial charge is 0.387 e. The zero-order valence-electron chi connectivity index (χ0n) is 11.3. The Morgan fingerprint density at radius 2 is 2.33 bits per heavy atom. The van der Waals surface area contributed by atoms with Crippen molar-refractivity contribution in [1.82, 2.24) is 4.98 Å². The molecule has 1 aliphatic rings. The van der Waals surface area contributed by atoms with Gasteiger partial charge < -0.3 is 10.4 Å². The van der Waals surface area contributed by atoms with Crippen molar-refractivity contribution in [2.75, 3.05) is 23.4 Å². The van der Waals surface area contributed by atoms with Gasteiger partial charge in [-0.15, -0.1) is 0 Å². The summed E-state index contributed by atoms with van der Waals surface area (Å²) in [5.41, 5.74) is 0.592. The molecule has 3 rings (SSSR count). The number of hydrogen-bond donors (Lipinski definition) is 2. The van der Waals surface area contributed by atoms with Gasteiger partial charge in [-0.2, -0.15) is 11.8 Å². The van der Waals surface area contributed by atoms with E-state index in [1.165, 1.54) is 6.07 Å². The lowest BCUT2D eigenvalue weighted by Crippen LogP contribution is -2.36. The Labute approximate surface area is 125 Å². The van der Waals surface area contributed by atoms with Gasteiger partial charge in [0.2, 0.25) is 0 Å². The van der Waals surface area contributed by atoms with E-state index >= 15 is 0 Å². The Morgan fingerprint density at radius 1 is 1.48 bits per heavy atom. The molecule has 0 aliphatic carbocycles. The third-order valence-electron chi connectivity index (χ3n) is 3.63. The molecule has 110 valence electrons. The smallest absolute Gasteiger partial charge is 0.278 e. The number of aliphatic hydroxyl groups is 1. The van der Waals surface area contributed by atoms with Gasteiger partial charge in [-0.1, -0.05) is 0 Å². The molecule has 0 bridgehead atoms. The second-order valence-corrected chi connectivity index (χ2v) is 6.27. The lowest BCUT2D eigenvalue weighted by atomic mass is 10.0. The van der Waals surface area contributed by atoms with Gasteiger partial charge in [0.05, 0.1) is 21.6 Å². The van der Waals surface area contributed by atoms with Crippen LogP contribution in [0.1, 0.15) is 6.42 Å². The van der Waals surface area contributed by atoms with Crippen LogP contribution in [0.15, 0.2) is 30.5 Å². The van der Waals surface area contributed by atoms with Gasteiger partial charge in [0.1, 0.15) is 5.52 Å². The number of nitro benzene ring substituents is 1. The SMILES string of the molecule is O=[N+]([O-])c1ccc(NCC2(O)CCSC2)c2ncccc12. The van der Waals surface area contributed by atoms with Crippen LogP contribution < -0.4 is 5.32 Å². The number of thioether (sulfide) groups is 1. The van der Waals surface area contributed by atoms with Crippen LogP contribution >= 0.6 is 11.8 Å². The second kappa shape index (κ2) is 5.50. The summed E-state index contributed by atoms with van der Waals surface area (Å²) in [4.78, 5) is 14.9. The molecule has 1 aromatic heterocycles. The number of nitrogens with one attached hydrogen (secondary N) is 1. The minimum atomic E-state index is -0.715.